The molecule has 1 N–H and O–H groups in total. The van der Waals surface area contributed by atoms with Gasteiger partial charge in [0.15, 0.2) is 11.5 Å². The average Bonchev–Trinajstić information content (AvgIpc) is 3.02. The molecule has 0 radical (unpaired) electrons. The van der Waals surface area contributed by atoms with E-state index in [1.54, 1.807) is 55.5 Å². The molecule has 0 aliphatic rings. The Morgan fingerprint density at radius 1 is 0.932 bits per heavy atom. The van der Waals surface area contributed by atoms with Gasteiger partial charge in [-0.1, -0.05) is 30.7 Å². The summed E-state index contributed by atoms with van der Waals surface area (Å²) in [7, 11) is -1.47. The second kappa shape index (κ2) is 15.7. The molecule has 0 bridgehead atoms. The lowest BCUT2D eigenvalue weighted by Gasteiger charge is -2.32. The number of amides is 2. The molecule has 2 atom stereocenters. The summed E-state index contributed by atoms with van der Waals surface area (Å²) < 4.78 is 45.5. The summed E-state index contributed by atoms with van der Waals surface area (Å²) in [6.07, 6.45) is 0.704. The third kappa shape index (κ3) is 8.57. The van der Waals surface area contributed by atoms with Crippen LogP contribution in [0, 0.1) is 0 Å². The minimum absolute atomic E-state index is 0.0298. The monoisotopic (exact) mass is 645 g/mol. The topological polar surface area (TPSA) is 114 Å². The molecule has 12 heteroatoms. The van der Waals surface area contributed by atoms with E-state index < -0.39 is 28.5 Å². The predicted molar refractivity (Wildman–Crippen MR) is 171 cm³/mol. The van der Waals surface area contributed by atoms with Crippen molar-refractivity contribution >= 4 is 39.1 Å². The van der Waals surface area contributed by atoms with Crippen molar-refractivity contribution in [2.24, 2.45) is 0 Å². The highest BCUT2D eigenvalue weighted by atomic mass is 35.5. The summed E-state index contributed by atoms with van der Waals surface area (Å²) in [5, 5.41) is 3.39. The molecule has 3 aromatic rings. The van der Waals surface area contributed by atoms with Crippen molar-refractivity contribution in [3.8, 4) is 17.2 Å². The Morgan fingerprint density at radius 3 is 2.20 bits per heavy atom. The van der Waals surface area contributed by atoms with E-state index in [4.69, 9.17) is 25.8 Å². The van der Waals surface area contributed by atoms with Crippen molar-refractivity contribution in [2.75, 3.05) is 31.7 Å². The van der Waals surface area contributed by atoms with Crippen LogP contribution in [0.15, 0.2) is 71.6 Å². The maximum atomic E-state index is 14.2. The van der Waals surface area contributed by atoms with E-state index in [0.717, 1.165) is 4.31 Å². The van der Waals surface area contributed by atoms with Crippen molar-refractivity contribution in [2.45, 2.75) is 57.6 Å². The molecule has 0 heterocycles. The van der Waals surface area contributed by atoms with Gasteiger partial charge >= 0.3 is 0 Å². The third-order valence-corrected chi connectivity index (χ3v) is 9.07. The summed E-state index contributed by atoms with van der Waals surface area (Å²) in [5.41, 5.74) is 0.917. The predicted octanol–water partition coefficient (Wildman–Crippen LogP) is 5.28. The maximum absolute atomic E-state index is 14.2. The summed E-state index contributed by atoms with van der Waals surface area (Å²) in [6.45, 7) is 7.14. The lowest BCUT2D eigenvalue weighted by atomic mass is 10.1. The number of ether oxygens (including phenoxy) is 3. The minimum Gasteiger partial charge on any atom is -0.494 e. The molecule has 10 nitrogen and oxygen atoms in total. The van der Waals surface area contributed by atoms with Crippen LogP contribution in [0.2, 0.25) is 5.02 Å². The van der Waals surface area contributed by atoms with Gasteiger partial charge in [0.1, 0.15) is 18.3 Å². The number of carbonyl (C=O) groups excluding carboxylic acids is 2. The quantitative estimate of drug-likeness (QED) is 0.239. The molecule has 0 fully saturated rings. The fourth-order valence-electron chi connectivity index (χ4n) is 4.39. The van der Waals surface area contributed by atoms with Crippen LogP contribution in [0.3, 0.4) is 0 Å². The fourth-order valence-corrected chi connectivity index (χ4v) is 6.03. The Balaban J connectivity index is 2.08. The van der Waals surface area contributed by atoms with E-state index >= 15 is 0 Å². The Morgan fingerprint density at radius 2 is 1.61 bits per heavy atom. The molecule has 238 valence electrons. The van der Waals surface area contributed by atoms with Crippen molar-refractivity contribution in [1.29, 1.82) is 0 Å². The smallest absolute Gasteiger partial charge is 0.264 e. The SMILES string of the molecule is CCOc1ccc(N(CC(=O)N(Cc2cccc(Cl)c2)[C@@H](C)C(=O)N[C@@H](C)CC)S(=O)(=O)c2ccc(OC)c(OC)c2)cc1. The first-order chi connectivity index (χ1) is 20.9. The number of sulfonamides is 1. The molecular weight excluding hydrogens is 606 g/mol. The number of benzene rings is 3. The van der Waals surface area contributed by atoms with Gasteiger partial charge in [0.25, 0.3) is 10.0 Å². The first kappa shape index (κ1) is 34.5. The van der Waals surface area contributed by atoms with Crippen LogP contribution in [-0.4, -0.2) is 64.6 Å². The number of anilines is 1. The molecule has 0 aliphatic carbocycles. The first-order valence-corrected chi connectivity index (χ1v) is 16.1. The number of nitrogens with one attached hydrogen (secondary N) is 1. The van der Waals surface area contributed by atoms with Crippen molar-refractivity contribution < 1.29 is 32.2 Å². The summed E-state index contributed by atoms with van der Waals surface area (Å²) in [4.78, 5) is 28.6. The van der Waals surface area contributed by atoms with E-state index in [9.17, 15) is 18.0 Å². The van der Waals surface area contributed by atoms with Crippen LogP contribution in [0.25, 0.3) is 0 Å². The maximum Gasteiger partial charge on any atom is 0.264 e. The zero-order valence-electron chi connectivity index (χ0n) is 25.9. The van der Waals surface area contributed by atoms with Gasteiger partial charge in [0, 0.05) is 23.7 Å². The van der Waals surface area contributed by atoms with Crippen molar-refractivity contribution in [3.05, 3.63) is 77.3 Å². The zero-order chi connectivity index (χ0) is 32.4. The highest BCUT2D eigenvalue weighted by molar-refractivity contribution is 7.92. The lowest BCUT2D eigenvalue weighted by molar-refractivity contribution is -0.139. The summed E-state index contributed by atoms with van der Waals surface area (Å²) in [5.74, 6) is 0.164. The van der Waals surface area contributed by atoms with Gasteiger partial charge in [-0.05, 0) is 81.3 Å². The highest BCUT2D eigenvalue weighted by Crippen LogP contribution is 2.33. The van der Waals surface area contributed by atoms with Crippen LogP contribution in [-0.2, 0) is 26.2 Å². The molecule has 44 heavy (non-hydrogen) atoms. The van der Waals surface area contributed by atoms with Gasteiger partial charge in [-0.2, -0.15) is 0 Å². The van der Waals surface area contributed by atoms with E-state index in [0.29, 0.717) is 35.1 Å². The molecule has 0 saturated heterocycles. The van der Waals surface area contributed by atoms with Gasteiger partial charge < -0.3 is 24.4 Å². The molecule has 0 unspecified atom stereocenters. The van der Waals surface area contributed by atoms with Gasteiger partial charge in [-0.15, -0.1) is 0 Å². The number of hydrogen-bond donors (Lipinski definition) is 1. The van der Waals surface area contributed by atoms with Gasteiger partial charge in [-0.3, -0.25) is 13.9 Å². The fraction of sp³-hybridized carbons (Fsp3) is 0.375. The zero-order valence-corrected chi connectivity index (χ0v) is 27.4. The van der Waals surface area contributed by atoms with Gasteiger partial charge in [0.05, 0.1) is 31.4 Å². The minimum atomic E-state index is -4.33. The van der Waals surface area contributed by atoms with E-state index in [2.05, 4.69) is 5.32 Å². The number of methoxy groups -OCH3 is 2. The van der Waals surface area contributed by atoms with Gasteiger partial charge in [-0.25, -0.2) is 8.42 Å². The number of hydrogen-bond acceptors (Lipinski definition) is 7. The molecule has 0 saturated carbocycles. The molecule has 3 rings (SSSR count). The Kier molecular flexibility index (Phi) is 12.3. The molecule has 0 spiro atoms. The number of nitrogens with zero attached hydrogens (tertiary/aromatic N) is 2. The van der Waals surface area contributed by atoms with Crippen LogP contribution in [0.4, 0.5) is 5.69 Å². The van der Waals surface area contributed by atoms with Crippen LogP contribution < -0.4 is 23.8 Å². The van der Waals surface area contributed by atoms with Gasteiger partial charge in [0.2, 0.25) is 11.8 Å². The van der Waals surface area contributed by atoms with Crippen molar-refractivity contribution in [3.63, 3.8) is 0 Å². The summed E-state index contributed by atoms with van der Waals surface area (Å²) >= 11 is 6.21. The molecular formula is C32H40ClN3O7S. The van der Waals surface area contributed by atoms with Crippen molar-refractivity contribution in [1.82, 2.24) is 10.2 Å². The summed E-state index contributed by atoms with van der Waals surface area (Å²) in [6, 6.07) is 16.5. The normalized spacial score (nSPS) is 12.5. The second-order valence-electron chi connectivity index (χ2n) is 10.1. The van der Waals surface area contributed by atoms with E-state index in [-0.39, 0.29) is 34.8 Å². The molecule has 2 amide bonds. The van der Waals surface area contributed by atoms with Crippen LogP contribution >= 0.6 is 11.6 Å². The van der Waals surface area contributed by atoms with E-state index in [1.807, 2.05) is 20.8 Å². The van der Waals surface area contributed by atoms with Crippen LogP contribution in [0.5, 0.6) is 17.2 Å². The number of halogens is 1. The second-order valence-corrected chi connectivity index (χ2v) is 12.4. The highest BCUT2D eigenvalue weighted by Gasteiger charge is 2.33. The molecule has 3 aromatic carbocycles. The Bertz CT molecular complexity index is 1530. The van der Waals surface area contributed by atoms with Crippen LogP contribution in [0.1, 0.15) is 39.7 Å². The number of carbonyl (C=O) groups is 2. The molecule has 0 aromatic heterocycles. The standard InChI is InChI=1S/C32H40ClN3O7S/c1-7-22(3)34-32(38)23(4)35(20-24-10-9-11-25(33)18-24)31(37)21-36(26-12-14-27(15-13-26)43-8-2)44(39,40)28-16-17-29(41-5)30(19-28)42-6/h9-19,22-23H,7-8,20-21H2,1-6H3,(H,34,38)/t22-,23-/m0/s1. The lowest BCUT2D eigenvalue weighted by Crippen LogP contribution is -2.52. The molecule has 0 aliphatic heterocycles. The first-order valence-electron chi connectivity index (χ1n) is 14.3. The number of rotatable bonds is 15. The van der Waals surface area contributed by atoms with E-state index in [1.165, 1.54) is 37.3 Å². The third-order valence-electron chi connectivity index (χ3n) is 7.07. The Labute approximate surface area is 264 Å². The Hall–Kier alpha value is -3.96. The average molecular weight is 646 g/mol. The largest absolute Gasteiger partial charge is 0.494 e.